The van der Waals surface area contributed by atoms with Crippen molar-refractivity contribution in [3.05, 3.63) is 71.6 Å². The maximum atomic E-state index is 14.7. The lowest BCUT2D eigenvalue weighted by Crippen LogP contribution is -1.93. The van der Waals surface area contributed by atoms with Gasteiger partial charge in [-0.05, 0) is 48.7 Å². The SMILES string of the molecule is Cc1ccc(-c2cc(F)c(-c3nc4ccncc4[nH]3)cc2F)cc1C. The van der Waals surface area contributed by atoms with Crippen molar-refractivity contribution in [1.29, 1.82) is 0 Å². The Morgan fingerprint density at radius 2 is 1.64 bits per heavy atom. The van der Waals surface area contributed by atoms with Crippen LogP contribution in [0.25, 0.3) is 33.5 Å². The summed E-state index contributed by atoms with van der Waals surface area (Å²) >= 11 is 0. The van der Waals surface area contributed by atoms with E-state index in [1.165, 1.54) is 12.1 Å². The molecule has 2 heterocycles. The normalized spacial score (nSPS) is 11.2. The third-order valence-electron chi connectivity index (χ3n) is 4.41. The van der Waals surface area contributed by atoms with Crippen LogP contribution >= 0.6 is 0 Å². The van der Waals surface area contributed by atoms with E-state index in [-0.39, 0.29) is 17.0 Å². The van der Waals surface area contributed by atoms with Gasteiger partial charge in [-0.25, -0.2) is 13.8 Å². The monoisotopic (exact) mass is 335 g/mol. The van der Waals surface area contributed by atoms with Crippen LogP contribution < -0.4 is 0 Å². The molecule has 0 bridgehead atoms. The summed E-state index contributed by atoms with van der Waals surface area (Å²) in [7, 11) is 0. The Balaban J connectivity index is 1.83. The summed E-state index contributed by atoms with van der Waals surface area (Å²) < 4.78 is 29.3. The zero-order valence-corrected chi connectivity index (χ0v) is 13.8. The highest BCUT2D eigenvalue weighted by Gasteiger charge is 2.16. The molecule has 4 rings (SSSR count). The van der Waals surface area contributed by atoms with E-state index in [9.17, 15) is 8.78 Å². The van der Waals surface area contributed by atoms with Crippen molar-refractivity contribution < 1.29 is 8.78 Å². The molecule has 0 amide bonds. The molecule has 1 N–H and O–H groups in total. The van der Waals surface area contributed by atoms with Crippen LogP contribution in [0.4, 0.5) is 8.78 Å². The molecule has 0 saturated carbocycles. The highest BCUT2D eigenvalue weighted by atomic mass is 19.1. The summed E-state index contributed by atoms with van der Waals surface area (Å²) in [4.78, 5) is 11.3. The van der Waals surface area contributed by atoms with Crippen LogP contribution in [-0.4, -0.2) is 15.0 Å². The standard InChI is InChI=1S/C20H15F2N3/c1-11-3-4-13(7-12(11)2)14-8-17(22)15(9-16(14)21)20-24-18-5-6-23-10-19(18)25-20/h3-10H,1-2H3,(H,24,25). The van der Waals surface area contributed by atoms with Crippen LogP contribution in [0, 0.1) is 25.5 Å². The fourth-order valence-electron chi connectivity index (χ4n) is 2.84. The highest BCUT2D eigenvalue weighted by Crippen LogP contribution is 2.31. The van der Waals surface area contributed by atoms with Gasteiger partial charge in [0, 0.05) is 11.8 Å². The molecule has 0 fully saturated rings. The second kappa shape index (κ2) is 5.77. The summed E-state index contributed by atoms with van der Waals surface area (Å²) in [5.41, 5.74) is 4.46. The zero-order valence-electron chi connectivity index (χ0n) is 13.8. The Hall–Kier alpha value is -3.08. The molecule has 124 valence electrons. The number of rotatable bonds is 2. The van der Waals surface area contributed by atoms with Gasteiger partial charge in [-0.2, -0.15) is 0 Å². The number of H-pyrrole nitrogens is 1. The summed E-state index contributed by atoms with van der Waals surface area (Å²) in [6.07, 6.45) is 3.20. The van der Waals surface area contributed by atoms with Gasteiger partial charge < -0.3 is 4.98 Å². The molecule has 0 saturated heterocycles. The van der Waals surface area contributed by atoms with Gasteiger partial charge in [0.05, 0.1) is 22.8 Å². The van der Waals surface area contributed by atoms with Crippen LogP contribution in [0.2, 0.25) is 0 Å². The van der Waals surface area contributed by atoms with Crippen molar-refractivity contribution >= 4 is 11.0 Å². The van der Waals surface area contributed by atoms with Gasteiger partial charge in [0.15, 0.2) is 0 Å². The van der Waals surface area contributed by atoms with Crippen molar-refractivity contribution in [1.82, 2.24) is 15.0 Å². The first-order chi connectivity index (χ1) is 12.0. The zero-order chi connectivity index (χ0) is 17.6. The largest absolute Gasteiger partial charge is 0.337 e. The summed E-state index contributed by atoms with van der Waals surface area (Å²) in [5, 5.41) is 0. The molecule has 0 spiro atoms. The number of imidazole rings is 1. The second-order valence-electron chi connectivity index (χ2n) is 6.09. The molecule has 2 aromatic heterocycles. The van der Waals surface area contributed by atoms with Crippen LogP contribution in [0.3, 0.4) is 0 Å². The number of hydrogen-bond acceptors (Lipinski definition) is 2. The Kier molecular flexibility index (Phi) is 3.57. The first-order valence-electron chi connectivity index (χ1n) is 7.89. The number of halogens is 2. The van der Waals surface area contributed by atoms with Gasteiger partial charge in [0.1, 0.15) is 17.5 Å². The van der Waals surface area contributed by atoms with Crippen molar-refractivity contribution in [2.24, 2.45) is 0 Å². The first-order valence-corrected chi connectivity index (χ1v) is 7.89. The number of hydrogen-bond donors (Lipinski definition) is 1. The molecule has 0 radical (unpaired) electrons. The van der Waals surface area contributed by atoms with Gasteiger partial charge in [0.2, 0.25) is 0 Å². The maximum absolute atomic E-state index is 14.7. The van der Waals surface area contributed by atoms with Gasteiger partial charge in [-0.15, -0.1) is 0 Å². The van der Waals surface area contributed by atoms with Gasteiger partial charge in [-0.3, -0.25) is 4.98 Å². The topological polar surface area (TPSA) is 41.6 Å². The molecule has 0 aliphatic carbocycles. The number of pyridine rings is 1. The Morgan fingerprint density at radius 1 is 0.880 bits per heavy atom. The third-order valence-corrected chi connectivity index (χ3v) is 4.41. The molecular weight excluding hydrogens is 320 g/mol. The predicted octanol–water partition coefficient (Wildman–Crippen LogP) is 5.19. The number of benzene rings is 2. The van der Waals surface area contributed by atoms with Crippen LogP contribution in [-0.2, 0) is 0 Å². The predicted molar refractivity (Wildman–Crippen MR) is 94.2 cm³/mol. The third kappa shape index (κ3) is 2.67. The van der Waals surface area contributed by atoms with Crippen LogP contribution in [0.1, 0.15) is 11.1 Å². The number of aryl methyl sites for hydroxylation is 2. The van der Waals surface area contributed by atoms with E-state index >= 15 is 0 Å². The average Bonchev–Trinajstić information content (AvgIpc) is 3.03. The second-order valence-corrected chi connectivity index (χ2v) is 6.09. The van der Waals surface area contributed by atoms with E-state index in [2.05, 4.69) is 15.0 Å². The minimum Gasteiger partial charge on any atom is -0.337 e. The average molecular weight is 335 g/mol. The van der Waals surface area contributed by atoms with E-state index in [1.807, 2.05) is 26.0 Å². The van der Waals surface area contributed by atoms with Crippen molar-refractivity contribution in [3.8, 4) is 22.5 Å². The Bertz CT molecular complexity index is 1070. The molecule has 3 nitrogen and oxygen atoms in total. The van der Waals surface area contributed by atoms with Crippen LogP contribution in [0.15, 0.2) is 48.8 Å². The maximum Gasteiger partial charge on any atom is 0.141 e. The lowest BCUT2D eigenvalue weighted by molar-refractivity contribution is 0.605. The quantitative estimate of drug-likeness (QED) is 0.548. The number of aromatic amines is 1. The van der Waals surface area contributed by atoms with Crippen LogP contribution in [0.5, 0.6) is 0 Å². The van der Waals surface area contributed by atoms with E-state index in [0.717, 1.165) is 11.1 Å². The molecule has 5 heteroatoms. The number of nitrogens with one attached hydrogen (secondary N) is 1. The number of nitrogens with zero attached hydrogens (tertiary/aromatic N) is 2. The van der Waals surface area contributed by atoms with E-state index in [1.54, 1.807) is 24.5 Å². The molecule has 0 atom stereocenters. The minimum absolute atomic E-state index is 0.0984. The summed E-state index contributed by atoms with van der Waals surface area (Å²) in [6, 6.07) is 9.69. The van der Waals surface area contributed by atoms with Crippen molar-refractivity contribution in [3.63, 3.8) is 0 Å². The van der Waals surface area contributed by atoms with Gasteiger partial charge in [0.25, 0.3) is 0 Å². The van der Waals surface area contributed by atoms with E-state index in [4.69, 9.17) is 0 Å². The molecule has 4 aromatic rings. The van der Waals surface area contributed by atoms with E-state index in [0.29, 0.717) is 16.6 Å². The lowest BCUT2D eigenvalue weighted by atomic mass is 9.98. The molecular formula is C20H15F2N3. The summed E-state index contributed by atoms with van der Waals surface area (Å²) in [5.74, 6) is -0.731. The van der Waals surface area contributed by atoms with Crippen molar-refractivity contribution in [2.45, 2.75) is 13.8 Å². The molecule has 0 aliphatic rings. The molecule has 25 heavy (non-hydrogen) atoms. The highest BCUT2D eigenvalue weighted by molar-refractivity contribution is 5.79. The molecule has 2 aromatic carbocycles. The smallest absolute Gasteiger partial charge is 0.141 e. The lowest BCUT2D eigenvalue weighted by Gasteiger charge is -2.09. The van der Waals surface area contributed by atoms with Gasteiger partial charge in [-0.1, -0.05) is 18.2 Å². The Morgan fingerprint density at radius 3 is 2.40 bits per heavy atom. The Labute approximate surface area is 143 Å². The number of fused-ring (bicyclic) bond motifs is 1. The van der Waals surface area contributed by atoms with E-state index < -0.39 is 11.6 Å². The fraction of sp³-hybridized carbons (Fsp3) is 0.100. The molecule has 0 unspecified atom stereocenters. The van der Waals surface area contributed by atoms with Crippen molar-refractivity contribution in [2.75, 3.05) is 0 Å². The minimum atomic E-state index is -0.526. The number of aromatic nitrogens is 3. The van der Waals surface area contributed by atoms with Gasteiger partial charge >= 0.3 is 0 Å². The fourth-order valence-corrected chi connectivity index (χ4v) is 2.84. The molecule has 0 aliphatic heterocycles. The first kappa shape index (κ1) is 15.4. The summed E-state index contributed by atoms with van der Waals surface area (Å²) in [6.45, 7) is 3.93.